The molecule has 1 rings (SSSR count). The molecule has 1 nitrogen and oxygen atoms in total. The van der Waals surface area contributed by atoms with Gasteiger partial charge in [-0.2, -0.15) is 0 Å². The molecule has 1 aromatic heterocycles. The molecule has 3 heteroatoms. The van der Waals surface area contributed by atoms with Gasteiger partial charge < -0.3 is 0 Å². The number of rotatable bonds is 4. The molecule has 0 atom stereocenters. The van der Waals surface area contributed by atoms with Gasteiger partial charge in [-0.3, -0.25) is 4.79 Å². The van der Waals surface area contributed by atoms with E-state index in [1.807, 2.05) is 6.07 Å². The Kier molecular flexibility index (Phi) is 3.76. The zero-order valence-electron chi connectivity index (χ0n) is 6.97. The topological polar surface area (TPSA) is 17.1 Å². The second kappa shape index (κ2) is 4.63. The summed E-state index contributed by atoms with van der Waals surface area (Å²) in [5.74, 6) is 0. The van der Waals surface area contributed by atoms with Crippen LogP contribution in [0, 0.1) is 0 Å². The smallest absolute Gasteiger partial charge is 0.262 e. The van der Waals surface area contributed by atoms with Crippen LogP contribution in [-0.2, 0) is 6.42 Å². The van der Waals surface area contributed by atoms with E-state index in [2.05, 4.69) is 6.92 Å². The van der Waals surface area contributed by atoms with E-state index in [1.165, 1.54) is 29.1 Å². The summed E-state index contributed by atoms with van der Waals surface area (Å²) in [4.78, 5) is 12.6. The normalized spacial score (nSPS) is 10.2. The molecule has 0 spiro atoms. The maximum Gasteiger partial charge on any atom is 0.262 e. The highest BCUT2D eigenvalue weighted by Crippen LogP contribution is 2.19. The van der Waals surface area contributed by atoms with Gasteiger partial charge in [0.15, 0.2) is 0 Å². The van der Waals surface area contributed by atoms with Crippen molar-refractivity contribution >= 4 is 28.2 Å². The Morgan fingerprint density at radius 3 is 2.83 bits per heavy atom. The lowest BCUT2D eigenvalue weighted by Gasteiger charge is -1.91. The van der Waals surface area contributed by atoms with Gasteiger partial charge in [0.2, 0.25) is 0 Å². The van der Waals surface area contributed by atoms with Gasteiger partial charge >= 0.3 is 0 Å². The molecule has 0 unspecified atom stereocenters. The van der Waals surface area contributed by atoms with Crippen molar-refractivity contribution in [1.29, 1.82) is 0 Å². The van der Waals surface area contributed by atoms with Crippen molar-refractivity contribution in [2.45, 2.75) is 26.2 Å². The van der Waals surface area contributed by atoms with E-state index >= 15 is 0 Å². The largest absolute Gasteiger partial charge is 0.275 e. The lowest BCUT2D eigenvalue weighted by molar-refractivity contribution is 0.108. The molecule has 0 aliphatic heterocycles. The van der Waals surface area contributed by atoms with Crippen LogP contribution in [-0.4, -0.2) is 5.24 Å². The molecule has 12 heavy (non-hydrogen) atoms. The van der Waals surface area contributed by atoms with Crippen LogP contribution in [0.4, 0.5) is 0 Å². The number of unbranched alkanes of at least 4 members (excludes halogenated alkanes) is 1. The van der Waals surface area contributed by atoms with Crippen LogP contribution >= 0.6 is 22.9 Å². The van der Waals surface area contributed by atoms with E-state index in [1.54, 1.807) is 6.07 Å². The summed E-state index contributed by atoms with van der Waals surface area (Å²) in [5, 5.41) is -0.345. The fourth-order valence-corrected chi connectivity index (χ4v) is 2.03. The van der Waals surface area contributed by atoms with Gasteiger partial charge in [0.1, 0.15) is 0 Å². The molecule has 0 fully saturated rings. The second-order valence-corrected chi connectivity index (χ2v) is 4.15. The van der Waals surface area contributed by atoms with Gasteiger partial charge in [0.05, 0.1) is 4.88 Å². The van der Waals surface area contributed by atoms with E-state index in [4.69, 9.17) is 11.6 Å². The Morgan fingerprint density at radius 1 is 1.58 bits per heavy atom. The predicted molar refractivity (Wildman–Crippen MR) is 53.1 cm³/mol. The first-order valence-electron chi connectivity index (χ1n) is 4.02. The zero-order chi connectivity index (χ0) is 8.97. The molecular weight excluding hydrogens is 192 g/mol. The highest BCUT2D eigenvalue weighted by molar-refractivity contribution is 7.15. The summed E-state index contributed by atoms with van der Waals surface area (Å²) in [6.45, 7) is 2.15. The number of aryl methyl sites for hydroxylation is 1. The third-order valence-electron chi connectivity index (χ3n) is 1.63. The van der Waals surface area contributed by atoms with Gasteiger partial charge in [-0.15, -0.1) is 11.3 Å². The Bertz CT molecular complexity index is 267. The molecule has 0 aromatic carbocycles. The number of halogens is 1. The van der Waals surface area contributed by atoms with E-state index in [9.17, 15) is 4.79 Å². The molecule has 0 saturated heterocycles. The van der Waals surface area contributed by atoms with Crippen LogP contribution in [0.5, 0.6) is 0 Å². The lowest BCUT2D eigenvalue weighted by atomic mass is 10.2. The minimum absolute atomic E-state index is 0.345. The summed E-state index contributed by atoms with van der Waals surface area (Å²) in [7, 11) is 0. The molecule has 0 bridgehead atoms. The van der Waals surface area contributed by atoms with Crippen molar-refractivity contribution < 1.29 is 4.79 Å². The predicted octanol–water partition coefficient (Wildman–Crippen LogP) is 3.47. The molecular formula is C9H11ClOS. The average Bonchev–Trinajstić information content (AvgIpc) is 2.48. The van der Waals surface area contributed by atoms with Gasteiger partial charge in [-0.1, -0.05) is 13.3 Å². The summed E-state index contributed by atoms with van der Waals surface area (Å²) >= 11 is 6.82. The van der Waals surface area contributed by atoms with Crippen LogP contribution < -0.4 is 0 Å². The second-order valence-electron chi connectivity index (χ2n) is 2.64. The molecule has 1 heterocycles. The van der Waals surface area contributed by atoms with Crippen molar-refractivity contribution in [2.75, 3.05) is 0 Å². The van der Waals surface area contributed by atoms with Crippen LogP contribution in [0.2, 0.25) is 0 Å². The molecule has 0 radical (unpaired) electrons. The third kappa shape index (κ3) is 2.61. The Hall–Kier alpha value is -0.340. The van der Waals surface area contributed by atoms with Crippen molar-refractivity contribution in [2.24, 2.45) is 0 Å². The van der Waals surface area contributed by atoms with Gasteiger partial charge in [0.25, 0.3) is 5.24 Å². The van der Waals surface area contributed by atoms with E-state index in [0.717, 1.165) is 6.42 Å². The average molecular weight is 203 g/mol. The quantitative estimate of drug-likeness (QED) is 0.684. The van der Waals surface area contributed by atoms with Crippen molar-refractivity contribution in [3.8, 4) is 0 Å². The Balaban J connectivity index is 2.58. The number of hydrogen-bond acceptors (Lipinski definition) is 2. The monoisotopic (exact) mass is 202 g/mol. The molecule has 0 saturated carbocycles. The molecule has 0 amide bonds. The number of hydrogen-bond donors (Lipinski definition) is 0. The lowest BCUT2D eigenvalue weighted by Crippen LogP contribution is -1.79. The van der Waals surface area contributed by atoms with E-state index in [0.29, 0.717) is 4.88 Å². The van der Waals surface area contributed by atoms with Crippen LogP contribution in [0.1, 0.15) is 34.3 Å². The van der Waals surface area contributed by atoms with Crippen molar-refractivity contribution in [3.05, 3.63) is 21.9 Å². The Labute approximate surface area is 81.4 Å². The summed E-state index contributed by atoms with van der Waals surface area (Å²) in [6.07, 6.45) is 3.42. The Morgan fingerprint density at radius 2 is 2.33 bits per heavy atom. The first kappa shape index (κ1) is 9.75. The fraction of sp³-hybridized carbons (Fsp3) is 0.444. The maximum atomic E-state index is 10.7. The van der Waals surface area contributed by atoms with Crippen molar-refractivity contribution in [1.82, 2.24) is 0 Å². The van der Waals surface area contributed by atoms with Crippen LogP contribution in [0.15, 0.2) is 12.1 Å². The number of thiophene rings is 1. The molecule has 0 aliphatic rings. The minimum atomic E-state index is -0.345. The third-order valence-corrected chi connectivity index (χ3v) is 3.09. The zero-order valence-corrected chi connectivity index (χ0v) is 8.54. The minimum Gasteiger partial charge on any atom is -0.275 e. The maximum absolute atomic E-state index is 10.7. The summed E-state index contributed by atoms with van der Waals surface area (Å²) in [6, 6.07) is 3.78. The van der Waals surface area contributed by atoms with E-state index in [-0.39, 0.29) is 5.24 Å². The fourth-order valence-electron chi connectivity index (χ4n) is 0.969. The molecule has 66 valence electrons. The standard InChI is InChI=1S/C9H11ClOS/c1-2-3-4-7-5-6-8(12-7)9(10)11/h5-6H,2-4H2,1H3. The van der Waals surface area contributed by atoms with Gasteiger partial charge in [-0.25, -0.2) is 0 Å². The summed E-state index contributed by atoms with van der Waals surface area (Å²) in [5.41, 5.74) is 0. The highest BCUT2D eigenvalue weighted by atomic mass is 35.5. The van der Waals surface area contributed by atoms with Gasteiger partial charge in [-0.05, 0) is 36.6 Å². The highest BCUT2D eigenvalue weighted by Gasteiger charge is 2.04. The molecule has 1 aromatic rings. The summed E-state index contributed by atoms with van der Waals surface area (Å²) < 4.78 is 0. The molecule has 0 aliphatic carbocycles. The molecule has 0 N–H and O–H groups in total. The first-order valence-corrected chi connectivity index (χ1v) is 5.22. The number of carbonyl (C=O) groups is 1. The number of carbonyl (C=O) groups excluding carboxylic acids is 1. The van der Waals surface area contributed by atoms with E-state index < -0.39 is 0 Å². The van der Waals surface area contributed by atoms with Crippen LogP contribution in [0.25, 0.3) is 0 Å². The van der Waals surface area contributed by atoms with Crippen molar-refractivity contribution in [3.63, 3.8) is 0 Å². The first-order chi connectivity index (χ1) is 5.74. The van der Waals surface area contributed by atoms with Crippen LogP contribution in [0.3, 0.4) is 0 Å². The van der Waals surface area contributed by atoms with Gasteiger partial charge in [0, 0.05) is 4.88 Å². The SMILES string of the molecule is CCCCc1ccc(C(=O)Cl)s1.